The predicted octanol–water partition coefficient (Wildman–Crippen LogP) is 4.71. The summed E-state index contributed by atoms with van der Waals surface area (Å²) in [6.07, 6.45) is 7.26. The van der Waals surface area contributed by atoms with Gasteiger partial charge in [0, 0.05) is 37.4 Å². The molecule has 9 heteroatoms. The second kappa shape index (κ2) is 10.2. The van der Waals surface area contributed by atoms with Gasteiger partial charge in [-0.25, -0.2) is 14.5 Å². The molecule has 0 aromatic carbocycles. The molecule has 0 saturated carbocycles. The van der Waals surface area contributed by atoms with Crippen molar-refractivity contribution in [3.63, 3.8) is 0 Å². The second-order valence-corrected chi connectivity index (χ2v) is 16.9. The number of nitrogens with zero attached hydrogens (tertiary/aromatic N) is 6. The molecule has 3 aromatic rings. The van der Waals surface area contributed by atoms with Crippen molar-refractivity contribution in [2.45, 2.75) is 77.2 Å². The lowest BCUT2D eigenvalue weighted by Crippen LogP contribution is -2.51. The van der Waals surface area contributed by atoms with Crippen LogP contribution in [-0.4, -0.2) is 64.4 Å². The van der Waals surface area contributed by atoms with E-state index in [-0.39, 0.29) is 17.0 Å². The highest BCUT2D eigenvalue weighted by molar-refractivity contribution is 6.74. The van der Waals surface area contributed by atoms with Crippen molar-refractivity contribution in [2.24, 2.45) is 5.92 Å². The molecule has 5 rings (SSSR count). The van der Waals surface area contributed by atoms with Crippen molar-refractivity contribution < 1.29 is 9.22 Å². The standard InChI is InChI=1S/C28H40N6O2Si/c1-28(2,3)37(4,5)36-19-21-12-13-25(29-17-21)32-14-15-33-24(18-32)16-22(27(33)35)8-6-9-23-10-7-11-26-30-20-31-34(23)26/h7,10-13,17,20,22,24H,6,8-9,14-16,18-19H2,1-5H3/t22-,24-/m0/s1. The number of aryl methyl sites for hydroxylation is 1. The zero-order valence-corrected chi connectivity index (χ0v) is 23.9. The average Bonchev–Trinajstić information content (AvgIpc) is 3.47. The van der Waals surface area contributed by atoms with Crippen molar-refractivity contribution in [3.05, 3.63) is 54.1 Å². The maximum atomic E-state index is 13.1. The summed E-state index contributed by atoms with van der Waals surface area (Å²) >= 11 is 0. The molecule has 37 heavy (non-hydrogen) atoms. The summed E-state index contributed by atoms with van der Waals surface area (Å²) in [6.45, 7) is 14.4. The zero-order valence-electron chi connectivity index (χ0n) is 22.9. The van der Waals surface area contributed by atoms with E-state index in [1.54, 1.807) is 6.33 Å². The summed E-state index contributed by atoms with van der Waals surface area (Å²) in [4.78, 5) is 26.6. The van der Waals surface area contributed by atoms with Gasteiger partial charge in [-0.1, -0.05) is 32.9 Å². The van der Waals surface area contributed by atoms with Crippen molar-refractivity contribution >= 4 is 25.7 Å². The normalized spacial score (nSPS) is 20.6. The molecule has 8 nitrogen and oxygen atoms in total. The van der Waals surface area contributed by atoms with Crippen LogP contribution in [0.5, 0.6) is 0 Å². The monoisotopic (exact) mass is 520 g/mol. The van der Waals surface area contributed by atoms with Gasteiger partial charge in [0.15, 0.2) is 14.0 Å². The Morgan fingerprint density at radius 3 is 2.70 bits per heavy atom. The number of amides is 1. The van der Waals surface area contributed by atoms with Gasteiger partial charge in [0.05, 0.1) is 12.6 Å². The van der Waals surface area contributed by atoms with Crippen LogP contribution < -0.4 is 4.90 Å². The molecule has 2 aliphatic rings. The molecular weight excluding hydrogens is 480 g/mol. The van der Waals surface area contributed by atoms with Gasteiger partial charge in [0.25, 0.3) is 0 Å². The molecule has 0 N–H and O–H groups in total. The van der Waals surface area contributed by atoms with Gasteiger partial charge in [0.1, 0.15) is 12.1 Å². The Labute approximate surface area is 221 Å². The number of aromatic nitrogens is 4. The number of hydrogen-bond acceptors (Lipinski definition) is 6. The molecule has 0 unspecified atom stereocenters. The number of fused-ring (bicyclic) bond motifs is 2. The smallest absolute Gasteiger partial charge is 0.226 e. The molecule has 2 atom stereocenters. The first-order chi connectivity index (χ1) is 17.6. The summed E-state index contributed by atoms with van der Waals surface area (Å²) in [5.41, 5.74) is 3.13. The minimum Gasteiger partial charge on any atom is -0.413 e. The highest BCUT2D eigenvalue weighted by atomic mass is 28.4. The summed E-state index contributed by atoms with van der Waals surface area (Å²) < 4.78 is 8.25. The largest absolute Gasteiger partial charge is 0.413 e. The Morgan fingerprint density at radius 1 is 1.11 bits per heavy atom. The molecule has 198 valence electrons. The molecule has 2 saturated heterocycles. The molecule has 5 heterocycles. The quantitative estimate of drug-likeness (QED) is 0.401. The van der Waals surface area contributed by atoms with Crippen molar-refractivity contribution in [1.29, 1.82) is 0 Å². The van der Waals surface area contributed by atoms with Crippen LogP contribution in [0.25, 0.3) is 5.65 Å². The van der Waals surface area contributed by atoms with Crippen LogP contribution in [0.15, 0.2) is 42.9 Å². The van der Waals surface area contributed by atoms with E-state index in [1.807, 2.05) is 22.8 Å². The van der Waals surface area contributed by atoms with E-state index < -0.39 is 8.32 Å². The number of pyridine rings is 2. The number of hydrogen-bond donors (Lipinski definition) is 0. The number of anilines is 1. The van der Waals surface area contributed by atoms with Gasteiger partial charge in [-0.05, 0) is 67.6 Å². The summed E-state index contributed by atoms with van der Waals surface area (Å²) in [5.74, 6) is 1.44. The summed E-state index contributed by atoms with van der Waals surface area (Å²) in [5, 5.41) is 4.53. The van der Waals surface area contributed by atoms with E-state index in [4.69, 9.17) is 9.41 Å². The van der Waals surface area contributed by atoms with Crippen LogP contribution in [0.3, 0.4) is 0 Å². The fourth-order valence-electron chi connectivity index (χ4n) is 5.25. The molecular formula is C28H40N6O2Si. The topological polar surface area (TPSA) is 75.9 Å². The average molecular weight is 521 g/mol. The Morgan fingerprint density at radius 2 is 1.95 bits per heavy atom. The summed E-state index contributed by atoms with van der Waals surface area (Å²) in [6, 6.07) is 10.6. The lowest BCUT2D eigenvalue weighted by atomic mass is 9.97. The molecule has 0 bridgehead atoms. The highest BCUT2D eigenvalue weighted by Crippen LogP contribution is 2.37. The maximum absolute atomic E-state index is 13.1. The van der Waals surface area contributed by atoms with E-state index in [1.165, 1.54) is 0 Å². The van der Waals surface area contributed by atoms with E-state index in [9.17, 15) is 4.79 Å². The van der Waals surface area contributed by atoms with E-state index in [0.29, 0.717) is 12.5 Å². The van der Waals surface area contributed by atoms with Crippen LogP contribution >= 0.6 is 0 Å². The van der Waals surface area contributed by atoms with Crippen LogP contribution in [0.2, 0.25) is 18.1 Å². The van der Waals surface area contributed by atoms with Crippen LogP contribution in [0.4, 0.5) is 5.82 Å². The van der Waals surface area contributed by atoms with Crippen molar-refractivity contribution in [1.82, 2.24) is 24.5 Å². The Kier molecular flexibility index (Phi) is 7.11. The van der Waals surface area contributed by atoms with Crippen LogP contribution in [0, 0.1) is 5.92 Å². The third-order valence-electron chi connectivity index (χ3n) is 8.58. The molecule has 1 amide bonds. The van der Waals surface area contributed by atoms with E-state index >= 15 is 0 Å². The number of rotatable bonds is 8. The molecule has 2 aliphatic heterocycles. The summed E-state index contributed by atoms with van der Waals surface area (Å²) in [7, 11) is -1.78. The van der Waals surface area contributed by atoms with Gasteiger partial charge in [-0.3, -0.25) is 4.79 Å². The lowest BCUT2D eigenvalue weighted by Gasteiger charge is -2.38. The SMILES string of the molecule is CC(C)(C)[Si](C)(C)OCc1ccc(N2CCN3C(=O)[C@@H](CCCc4cccc5ncnn45)C[C@H]3C2)nc1. The van der Waals surface area contributed by atoms with Gasteiger partial charge >= 0.3 is 0 Å². The van der Waals surface area contributed by atoms with E-state index in [0.717, 1.165) is 68.0 Å². The molecule has 0 aliphatic carbocycles. The van der Waals surface area contributed by atoms with Crippen LogP contribution in [-0.2, 0) is 22.2 Å². The number of carbonyl (C=O) groups excluding carboxylic acids is 1. The number of piperazine rings is 1. The number of carbonyl (C=O) groups is 1. The van der Waals surface area contributed by atoms with Gasteiger partial charge < -0.3 is 14.2 Å². The van der Waals surface area contributed by atoms with Crippen LogP contribution in [0.1, 0.15) is 51.3 Å². The third-order valence-corrected chi connectivity index (χ3v) is 13.1. The second-order valence-electron chi connectivity index (χ2n) is 12.1. The minimum atomic E-state index is -1.78. The first-order valence-corrected chi connectivity index (χ1v) is 16.5. The predicted molar refractivity (Wildman–Crippen MR) is 148 cm³/mol. The minimum absolute atomic E-state index is 0.114. The Balaban J connectivity index is 1.13. The zero-order chi connectivity index (χ0) is 26.2. The third kappa shape index (κ3) is 5.43. The fraction of sp³-hybridized carbons (Fsp3) is 0.571. The first kappa shape index (κ1) is 25.8. The van der Waals surface area contributed by atoms with Gasteiger partial charge in [0.2, 0.25) is 5.91 Å². The Hall–Kier alpha value is -2.78. The lowest BCUT2D eigenvalue weighted by molar-refractivity contribution is -0.132. The highest BCUT2D eigenvalue weighted by Gasteiger charge is 2.42. The first-order valence-electron chi connectivity index (χ1n) is 13.5. The van der Waals surface area contributed by atoms with Gasteiger partial charge in [-0.15, -0.1) is 0 Å². The molecule has 3 aromatic heterocycles. The van der Waals surface area contributed by atoms with Crippen molar-refractivity contribution in [2.75, 3.05) is 24.5 Å². The molecule has 0 spiro atoms. The molecule has 2 fully saturated rings. The fourth-order valence-corrected chi connectivity index (χ4v) is 6.21. The molecule has 0 radical (unpaired) electrons. The van der Waals surface area contributed by atoms with Gasteiger partial charge in [-0.2, -0.15) is 5.10 Å². The van der Waals surface area contributed by atoms with E-state index in [2.05, 4.69) is 71.9 Å². The Bertz CT molecular complexity index is 1240. The van der Waals surface area contributed by atoms with Crippen molar-refractivity contribution in [3.8, 4) is 0 Å². The maximum Gasteiger partial charge on any atom is 0.226 e.